The minimum atomic E-state index is 0.575. The monoisotopic (exact) mass is 151 g/mol. The topological polar surface area (TPSA) is 9.23 Å². The smallest absolute Gasteiger partial charge is 0.0563 e. The first-order valence-corrected chi connectivity index (χ1v) is 2.97. The molecule has 0 spiro atoms. The van der Waals surface area contributed by atoms with Crippen molar-refractivity contribution < 1.29 is 4.74 Å². The van der Waals surface area contributed by atoms with Crippen LogP contribution in [0.15, 0.2) is 0 Å². The largest absolute Gasteiger partial charge is 0.381 e. The Morgan fingerprint density at radius 1 is 1.67 bits per heavy atom. The van der Waals surface area contributed by atoms with Crippen molar-refractivity contribution in [3.63, 3.8) is 0 Å². The molecule has 0 rings (SSSR count). The Kier molecular flexibility index (Phi) is 5.84. The Morgan fingerprint density at radius 3 is 2.50 bits per heavy atom. The maximum absolute atomic E-state index is 4.82. The van der Waals surface area contributed by atoms with Gasteiger partial charge in [-0.1, -0.05) is 15.9 Å². The summed E-state index contributed by atoms with van der Waals surface area (Å²) in [6.07, 6.45) is 0. The second-order valence-electron chi connectivity index (χ2n) is 0.801. The number of rotatable bonds is 3. The van der Waals surface area contributed by atoms with E-state index in [4.69, 9.17) is 4.74 Å². The number of halogens is 1. The molecule has 0 fully saturated rings. The van der Waals surface area contributed by atoms with Gasteiger partial charge in [0.25, 0.3) is 0 Å². The summed E-state index contributed by atoms with van der Waals surface area (Å²) in [5.41, 5.74) is 0. The van der Waals surface area contributed by atoms with Gasteiger partial charge >= 0.3 is 0 Å². The van der Waals surface area contributed by atoms with Gasteiger partial charge in [-0.2, -0.15) is 0 Å². The zero-order valence-electron chi connectivity index (χ0n) is 3.61. The van der Waals surface area contributed by atoms with Crippen molar-refractivity contribution in [3.05, 3.63) is 6.92 Å². The van der Waals surface area contributed by atoms with Crippen molar-refractivity contribution in [2.24, 2.45) is 0 Å². The zero-order valence-corrected chi connectivity index (χ0v) is 5.20. The van der Waals surface area contributed by atoms with Gasteiger partial charge in [0, 0.05) is 11.9 Å². The molecule has 0 saturated heterocycles. The standard InChI is InChI=1S/C4H8BrO/c1-2-6-4-3-5/h1-4H2. The van der Waals surface area contributed by atoms with Crippen LogP contribution in [0.25, 0.3) is 0 Å². The summed E-state index contributed by atoms with van der Waals surface area (Å²) in [6.45, 7) is 4.82. The first-order valence-electron chi connectivity index (χ1n) is 1.84. The Labute approximate surface area is 46.8 Å². The van der Waals surface area contributed by atoms with E-state index < -0.39 is 0 Å². The predicted octanol–water partition coefficient (Wildman–Crippen LogP) is 1.23. The molecular weight excluding hydrogens is 144 g/mol. The Bertz CT molecular complexity index is 19.5. The molecule has 0 N–H and O–H groups in total. The lowest BCUT2D eigenvalue weighted by Gasteiger charge is -1.90. The van der Waals surface area contributed by atoms with Crippen LogP contribution in [0.2, 0.25) is 0 Å². The Hall–Kier alpha value is 0.440. The molecule has 0 aliphatic rings. The summed E-state index contributed by atoms with van der Waals surface area (Å²) < 4.78 is 4.82. The van der Waals surface area contributed by atoms with Crippen molar-refractivity contribution in [2.45, 2.75) is 0 Å². The normalized spacial score (nSPS) is 9.00. The van der Waals surface area contributed by atoms with Crippen molar-refractivity contribution in [1.29, 1.82) is 0 Å². The molecule has 0 heterocycles. The third-order valence-corrected chi connectivity index (χ3v) is 0.690. The summed E-state index contributed by atoms with van der Waals surface area (Å²) in [6, 6.07) is 0. The molecule has 0 saturated carbocycles. The van der Waals surface area contributed by atoms with Crippen molar-refractivity contribution in [2.75, 3.05) is 18.5 Å². The van der Waals surface area contributed by atoms with E-state index in [1.54, 1.807) is 0 Å². The number of ether oxygens (including phenoxy) is 1. The highest BCUT2D eigenvalue weighted by Crippen LogP contribution is 1.78. The third kappa shape index (κ3) is 4.44. The van der Waals surface area contributed by atoms with E-state index in [9.17, 15) is 0 Å². The lowest BCUT2D eigenvalue weighted by molar-refractivity contribution is 0.179. The minimum Gasteiger partial charge on any atom is -0.381 e. The fraction of sp³-hybridized carbons (Fsp3) is 0.750. The molecule has 37 valence electrons. The molecule has 2 heteroatoms. The molecule has 1 radical (unpaired) electrons. The van der Waals surface area contributed by atoms with Crippen LogP contribution in [0.4, 0.5) is 0 Å². The lowest BCUT2D eigenvalue weighted by atomic mass is 10.8. The summed E-state index contributed by atoms with van der Waals surface area (Å²) in [5, 5.41) is 0.905. The van der Waals surface area contributed by atoms with Gasteiger partial charge in [0.05, 0.1) is 6.61 Å². The van der Waals surface area contributed by atoms with E-state index in [1.807, 2.05) is 0 Å². The van der Waals surface area contributed by atoms with Gasteiger partial charge < -0.3 is 4.74 Å². The number of alkyl halides is 1. The third-order valence-electron chi connectivity index (χ3n) is 0.366. The quantitative estimate of drug-likeness (QED) is 0.436. The fourth-order valence-corrected chi connectivity index (χ4v) is 0.386. The first kappa shape index (κ1) is 6.44. The van der Waals surface area contributed by atoms with Crippen LogP contribution in [0.3, 0.4) is 0 Å². The molecule has 0 aromatic heterocycles. The fourth-order valence-electron chi connectivity index (χ4n) is 0.157. The molecule has 0 aliphatic carbocycles. The van der Waals surface area contributed by atoms with E-state index in [1.165, 1.54) is 0 Å². The maximum Gasteiger partial charge on any atom is 0.0563 e. The van der Waals surface area contributed by atoms with Gasteiger partial charge in [-0.05, 0) is 6.92 Å². The van der Waals surface area contributed by atoms with E-state index in [2.05, 4.69) is 22.9 Å². The summed E-state index contributed by atoms with van der Waals surface area (Å²) >= 11 is 3.20. The average Bonchev–Trinajstić information content (AvgIpc) is 1.61. The SMILES string of the molecule is [CH2]COCCBr. The Balaban J connectivity index is 2.34. The van der Waals surface area contributed by atoms with Crippen LogP contribution in [0, 0.1) is 6.92 Å². The van der Waals surface area contributed by atoms with Gasteiger partial charge in [-0.15, -0.1) is 0 Å². The highest BCUT2D eigenvalue weighted by molar-refractivity contribution is 9.09. The first-order chi connectivity index (χ1) is 2.91. The van der Waals surface area contributed by atoms with E-state index in [-0.39, 0.29) is 0 Å². The molecule has 0 aromatic carbocycles. The molecule has 0 atom stereocenters. The van der Waals surface area contributed by atoms with Crippen LogP contribution in [-0.4, -0.2) is 18.5 Å². The van der Waals surface area contributed by atoms with Gasteiger partial charge in [-0.25, -0.2) is 0 Å². The van der Waals surface area contributed by atoms with Gasteiger partial charge in [0.1, 0.15) is 0 Å². The van der Waals surface area contributed by atoms with Gasteiger partial charge in [0.15, 0.2) is 0 Å². The van der Waals surface area contributed by atoms with E-state index >= 15 is 0 Å². The van der Waals surface area contributed by atoms with E-state index in [0.29, 0.717) is 6.61 Å². The van der Waals surface area contributed by atoms with Crippen molar-refractivity contribution in [3.8, 4) is 0 Å². The van der Waals surface area contributed by atoms with Crippen molar-refractivity contribution >= 4 is 15.9 Å². The second-order valence-corrected chi connectivity index (χ2v) is 1.59. The summed E-state index contributed by atoms with van der Waals surface area (Å²) in [7, 11) is 0. The van der Waals surface area contributed by atoms with Crippen LogP contribution < -0.4 is 0 Å². The molecular formula is C4H8BrO. The maximum atomic E-state index is 4.82. The van der Waals surface area contributed by atoms with Crippen LogP contribution in [0.1, 0.15) is 0 Å². The van der Waals surface area contributed by atoms with Gasteiger partial charge in [0.2, 0.25) is 0 Å². The van der Waals surface area contributed by atoms with Gasteiger partial charge in [-0.3, -0.25) is 0 Å². The molecule has 0 aromatic rings. The molecule has 6 heavy (non-hydrogen) atoms. The summed E-state index contributed by atoms with van der Waals surface area (Å²) in [5.74, 6) is 0. The highest BCUT2D eigenvalue weighted by Gasteiger charge is 1.74. The average molecular weight is 152 g/mol. The second kappa shape index (κ2) is 5.44. The molecule has 0 aliphatic heterocycles. The van der Waals surface area contributed by atoms with E-state index in [0.717, 1.165) is 11.9 Å². The number of hydrogen-bond acceptors (Lipinski definition) is 1. The van der Waals surface area contributed by atoms with Crippen LogP contribution in [-0.2, 0) is 4.74 Å². The van der Waals surface area contributed by atoms with Crippen molar-refractivity contribution in [1.82, 2.24) is 0 Å². The van der Waals surface area contributed by atoms with Crippen LogP contribution in [0.5, 0.6) is 0 Å². The lowest BCUT2D eigenvalue weighted by Crippen LogP contribution is -1.92. The molecule has 0 unspecified atom stereocenters. The summed E-state index contributed by atoms with van der Waals surface area (Å²) in [4.78, 5) is 0. The Morgan fingerprint density at radius 2 is 2.33 bits per heavy atom. The molecule has 0 bridgehead atoms. The number of hydrogen-bond donors (Lipinski definition) is 0. The molecule has 0 amide bonds. The zero-order chi connectivity index (χ0) is 4.83. The highest BCUT2D eigenvalue weighted by atomic mass is 79.9. The van der Waals surface area contributed by atoms with Crippen LogP contribution >= 0.6 is 15.9 Å². The molecule has 1 nitrogen and oxygen atoms in total. The minimum absolute atomic E-state index is 0.575. The predicted molar refractivity (Wildman–Crippen MR) is 30.0 cm³/mol.